The molecule has 0 saturated carbocycles. The summed E-state index contributed by atoms with van der Waals surface area (Å²) in [5.74, 6) is -0.662. The first kappa shape index (κ1) is 16.5. The van der Waals surface area contributed by atoms with E-state index in [1.54, 1.807) is 6.07 Å². The largest absolute Gasteiger partial charge is 0.395 e. The van der Waals surface area contributed by atoms with Crippen molar-refractivity contribution in [2.75, 3.05) is 12.9 Å². The summed E-state index contributed by atoms with van der Waals surface area (Å²) in [6.07, 6.45) is 1.87. The average molecular weight is 348 g/mol. The van der Waals surface area contributed by atoms with Crippen LogP contribution >= 0.6 is 34.7 Å². The summed E-state index contributed by atoms with van der Waals surface area (Å²) < 4.78 is 13.9. The van der Waals surface area contributed by atoms with Gasteiger partial charge >= 0.3 is 0 Å². The number of thioether (sulfide) groups is 1. The molecule has 0 bridgehead atoms. The molecule has 0 aliphatic rings. The zero-order chi connectivity index (χ0) is 15.6. The lowest BCUT2D eigenvalue weighted by molar-refractivity contribution is 0.0940. The lowest BCUT2D eigenvalue weighted by atomic mass is 10.2. The van der Waals surface area contributed by atoms with Gasteiger partial charge < -0.3 is 10.4 Å². The van der Waals surface area contributed by atoms with E-state index in [0.717, 1.165) is 11.3 Å². The number of halogens is 2. The molecule has 0 fully saturated rings. The first-order chi connectivity index (χ1) is 9.97. The number of carbonyl (C=O) groups is 1. The third kappa shape index (κ3) is 3.51. The number of aliphatic hydroxyl groups excluding tert-OH is 1. The number of carbonyl (C=O) groups excluding carboxylic acids is 1. The molecule has 21 heavy (non-hydrogen) atoms. The quantitative estimate of drug-likeness (QED) is 0.869. The van der Waals surface area contributed by atoms with E-state index in [9.17, 15) is 14.3 Å². The van der Waals surface area contributed by atoms with Crippen molar-refractivity contribution in [3.05, 3.63) is 33.9 Å². The highest BCUT2D eigenvalue weighted by Gasteiger charge is 2.22. The molecule has 0 aliphatic carbocycles. The Hall–Kier alpha value is -0.820. The smallest absolute Gasteiger partial charge is 0.263 e. The number of rotatable bonds is 5. The Bertz CT molecular complexity index is 658. The number of nitrogens with one attached hydrogen (secondary N) is 1. The standard InChI is InChI=1S/C14H15ClFNO2S2/c1-7(11(6-18)20-2)17-14(19)13-12(15)9-4-3-8(16)5-10(9)21-13/h3-5,7,11,18H,6H2,1-2H3,(H,17,19). The van der Waals surface area contributed by atoms with Gasteiger partial charge in [-0.2, -0.15) is 11.8 Å². The zero-order valence-electron chi connectivity index (χ0n) is 11.5. The monoisotopic (exact) mass is 347 g/mol. The molecule has 2 atom stereocenters. The van der Waals surface area contributed by atoms with Crippen molar-refractivity contribution in [3.8, 4) is 0 Å². The van der Waals surface area contributed by atoms with Crippen LogP contribution in [0.1, 0.15) is 16.6 Å². The van der Waals surface area contributed by atoms with Crippen LogP contribution in [0.25, 0.3) is 10.1 Å². The molecule has 0 radical (unpaired) electrons. The van der Waals surface area contributed by atoms with E-state index in [-0.39, 0.29) is 29.6 Å². The minimum atomic E-state index is -0.358. The molecule has 1 aromatic heterocycles. The Labute approximate surface area is 135 Å². The summed E-state index contributed by atoms with van der Waals surface area (Å²) in [6, 6.07) is 4.06. The second-order valence-corrected chi connectivity index (χ2v) is 7.11. The van der Waals surface area contributed by atoms with Crippen molar-refractivity contribution >= 4 is 50.7 Å². The van der Waals surface area contributed by atoms with Gasteiger partial charge in [-0.1, -0.05) is 11.6 Å². The maximum absolute atomic E-state index is 13.2. The summed E-state index contributed by atoms with van der Waals surface area (Å²) >= 11 is 8.85. The maximum atomic E-state index is 13.2. The number of amides is 1. The fourth-order valence-electron chi connectivity index (χ4n) is 1.99. The van der Waals surface area contributed by atoms with Crippen LogP contribution in [0, 0.1) is 5.82 Å². The lowest BCUT2D eigenvalue weighted by Gasteiger charge is -2.20. The van der Waals surface area contributed by atoms with E-state index in [2.05, 4.69) is 5.32 Å². The molecule has 2 aromatic rings. The Morgan fingerprint density at radius 1 is 1.57 bits per heavy atom. The van der Waals surface area contributed by atoms with Crippen LogP contribution in [0.4, 0.5) is 4.39 Å². The average Bonchev–Trinajstić information content (AvgIpc) is 2.76. The topological polar surface area (TPSA) is 49.3 Å². The number of benzene rings is 1. The number of aliphatic hydroxyl groups is 1. The third-order valence-corrected chi connectivity index (χ3v) is 6.02. The molecule has 1 heterocycles. The van der Waals surface area contributed by atoms with Crippen molar-refractivity contribution in [2.45, 2.75) is 18.2 Å². The highest BCUT2D eigenvalue weighted by Crippen LogP contribution is 2.35. The number of hydrogen-bond acceptors (Lipinski definition) is 4. The van der Waals surface area contributed by atoms with Gasteiger partial charge in [-0.05, 0) is 31.4 Å². The second kappa shape index (κ2) is 6.96. The molecule has 114 valence electrons. The van der Waals surface area contributed by atoms with Crippen molar-refractivity contribution in [1.29, 1.82) is 0 Å². The van der Waals surface area contributed by atoms with E-state index >= 15 is 0 Å². The van der Waals surface area contributed by atoms with Crippen LogP contribution < -0.4 is 5.32 Å². The van der Waals surface area contributed by atoms with Gasteiger partial charge in [0, 0.05) is 21.4 Å². The molecule has 1 amide bonds. The van der Waals surface area contributed by atoms with Crippen molar-refractivity contribution in [2.24, 2.45) is 0 Å². The van der Waals surface area contributed by atoms with Gasteiger partial charge in [-0.3, -0.25) is 4.79 Å². The first-order valence-corrected chi connectivity index (χ1v) is 8.78. The molecule has 1 aromatic carbocycles. The fraction of sp³-hybridized carbons (Fsp3) is 0.357. The third-order valence-electron chi connectivity index (χ3n) is 3.20. The van der Waals surface area contributed by atoms with Gasteiger partial charge in [0.2, 0.25) is 0 Å². The summed E-state index contributed by atoms with van der Waals surface area (Å²) in [5.41, 5.74) is 0. The summed E-state index contributed by atoms with van der Waals surface area (Å²) in [5, 5.41) is 13.0. The molecule has 0 spiro atoms. The van der Waals surface area contributed by atoms with Gasteiger partial charge in [0.1, 0.15) is 10.7 Å². The van der Waals surface area contributed by atoms with Crippen molar-refractivity contribution < 1.29 is 14.3 Å². The Balaban J connectivity index is 2.25. The van der Waals surface area contributed by atoms with E-state index in [1.807, 2.05) is 13.2 Å². The van der Waals surface area contributed by atoms with Gasteiger partial charge in [0.05, 0.1) is 11.6 Å². The van der Waals surface area contributed by atoms with Gasteiger partial charge in [-0.25, -0.2) is 4.39 Å². The maximum Gasteiger partial charge on any atom is 0.263 e. The van der Waals surface area contributed by atoms with Crippen LogP contribution in [0.5, 0.6) is 0 Å². The van der Waals surface area contributed by atoms with E-state index in [4.69, 9.17) is 11.6 Å². The minimum absolute atomic E-state index is 0.0199. The highest BCUT2D eigenvalue weighted by molar-refractivity contribution is 7.99. The van der Waals surface area contributed by atoms with Crippen LogP contribution in [-0.2, 0) is 0 Å². The molecule has 0 aliphatic heterocycles. The van der Waals surface area contributed by atoms with E-state index in [0.29, 0.717) is 20.0 Å². The molecular weight excluding hydrogens is 333 g/mol. The number of thiophene rings is 1. The molecule has 3 nitrogen and oxygen atoms in total. The van der Waals surface area contributed by atoms with Crippen LogP contribution in [0.2, 0.25) is 5.02 Å². The molecule has 7 heteroatoms. The van der Waals surface area contributed by atoms with E-state index in [1.165, 1.54) is 23.9 Å². The molecular formula is C14H15ClFNO2S2. The van der Waals surface area contributed by atoms with Crippen LogP contribution in [-0.4, -0.2) is 35.2 Å². The Morgan fingerprint density at radius 2 is 2.29 bits per heavy atom. The Kier molecular flexibility index (Phi) is 5.48. The first-order valence-electron chi connectivity index (χ1n) is 6.30. The van der Waals surface area contributed by atoms with Crippen molar-refractivity contribution in [1.82, 2.24) is 5.32 Å². The van der Waals surface area contributed by atoms with Crippen LogP contribution in [0.15, 0.2) is 18.2 Å². The lowest BCUT2D eigenvalue weighted by Crippen LogP contribution is -2.41. The summed E-state index contributed by atoms with van der Waals surface area (Å²) in [4.78, 5) is 12.7. The normalized spacial score (nSPS) is 14.1. The molecule has 2 unspecified atom stereocenters. The second-order valence-electron chi connectivity index (χ2n) is 4.60. The predicted octanol–water partition coefficient (Wildman–Crippen LogP) is 3.54. The van der Waals surface area contributed by atoms with E-state index < -0.39 is 0 Å². The fourth-order valence-corrected chi connectivity index (χ4v) is 4.06. The zero-order valence-corrected chi connectivity index (χ0v) is 13.9. The molecule has 0 saturated heterocycles. The minimum Gasteiger partial charge on any atom is -0.395 e. The molecule has 2 rings (SSSR count). The van der Waals surface area contributed by atoms with Gasteiger partial charge in [-0.15, -0.1) is 11.3 Å². The van der Waals surface area contributed by atoms with Gasteiger partial charge in [0.15, 0.2) is 0 Å². The predicted molar refractivity (Wildman–Crippen MR) is 88.1 cm³/mol. The number of fused-ring (bicyclic) bond motifs is 1. The number of hydrogen-bond donors (Lipinski definition) is 2. The summed E-state index contributed by atoms with van der Waals surface area (Å²) in [6.45, 7) is 1.81. The highest BCUT2D eigenvalue weighted by atomic mass is 35.5. The van der Waals surface area contributed by atoms with Gasteiger partial charge in [0.25, 0.3) is 5.91 Å². The molecule has 2 N–H and O–H groups in total. The Morgan fingerprint density at radius 3 is 2.90 bits per heavy atom. The SMILES string of the molecule is CSC(CO)C(C)NC(=O)c1sc2cc(F)ccc2c1Cl. The van der Waals surface area contributed by atoms with Crippen LogP contribution in [0.3, 0.4) is 0 Å². The van der Waals surface area contributed by atoms with Crippen molar-refractivity contribution in [3.63, 3.8) is 0 Å². The summed E-state index contributed by atoms with van der Waals surface area (Å²) in [7, 11) is 0.